The molecule has 4 heteroatoms. The number of hydrogen-bond acceptors (Lipinski definition) is 4. The third kappa shape index (κ3) is 3.44. The van der Waals surface area contributed by atoms with E-state index in [2.05, 4.69) is 21.8 Å². The average Bonchev–Trinajstić information content (AvgIpc) is 2.42. The zero-order valence-corrected chi connectivity index (χ0v) is 11.5. The number of nitrogens with zero attached hydrogens (tertiary/aromatic N) is 3. The Kier molecular flexibility index (Phi) is 4.34. The Morgan fingerprint density at radius 2 is 1.84 bits per heavy atom. The summed E-state index contributed by atoms with van der Waals surface area (Å²) >= 11 is 0. The lowest BCUT2D eigenvalue weighted by Gasteiger charge is -2.22. The van der Waals surface area contributed by atoms with Gasteiger partial charge in [-0.15, -0.1) is 0 Å². The van der Waals surface area contributed by atoms with E-state index in [4.69, 9.17) is 5.73 Å². The lowest BCUT2D eigenvalue weighted by Crippen LogP contribution is -2.26. The number of aromatic nitrogens is 2. The first-order chi connectivity index (χ1) is 9.20. The van der Waals surface area contributed by atoms with Gasteiger partial charge in [0.1, 0.15) is 0 Å². The average molecular weight is 256 g/mol. The van der Waals surface area contributed by atoms with Crippen LogP contribution >= 0.6 is 0 Å². The van der Waals surface area contributed by atoms with Gasteiger partial charge in [-0.1, -0.05) is 25.1 Å². The maximum atomic E-state index is 6.00. The highest BCUT2D eigenvalue weighted by atomic mass is 15.2. The Labute approximate surface area is 114 Å². The highest BCUT2D eigenvalue weighted by Crippen LogP contribution is 2.17. The van der Waals surface area contributed by atoms with Gasteiger partial charge in [-0.2, -0.15) is 0 Å². The molecule has 4 nitrogen and oxygen atoms in total. The van der Waals surface area contributed by atoms with Crippen molar-refractivity contribution in [2.75, 3.05) is 17.2 Å². The van der Waals surface area contributed by atoms with E-state index in [0.717, 1.165) is 42.3 Å². The quantitative estimate of drug-likeness (QED) is 0.836. The number of para-hydroxylation sites is 1. The number of nitrogen functional groups attached to an aromatic ring is 1. The Morgan fingerprint density at radius 1 is 1.16 bits per heavy atom. The molecule has 2 N–H and O–H groups in total. The third-order valence-electron chi connectivity index (χ3n) is 2.96. The van der Waals surface area contributed by atoms with Crippen LogP contribution in [0.5, 0.6) is 0 Å². The molecule has 0 spiro atoms. The minimum absolute atomic E-state index is 0.740. The predicted octanol–water partition coefficient (Wildman–Crippen LogP) is 2.78. The molecular formula is C15H20N4. The molecule has 1 heterocycles. The number of aryl methyl sites for hydroxylation is 1. The standard InChI is InChI=1S/C15H20N4/c1-3-8-19(15-17-9-12(2)10-18-15)11-13-6-4-5-7-14(13)16/h4-7,9-10H,3,8,11,16H2,1-2H3. The van der Waals surface area contributed by atoms with Crippen LogP contribution in [-0.2, 0) is 6.54 Å². The van der Waals surface area contributed by atoms with Gasteiger partial charge in [-0.25, -0.2) is 9.97 Å². The molecule has 1 aromatic carbocycles. The summed E-state index contributed by atoms with van der Waals surface area (Å²) in [5, 5.41) is 0. The van der Waals surface area contributed by atoms with Gasteiger partial charge < -0.3 is 10.6 Å². The van der Waals surface area contributed by atoms with Crippen molar-refractivity contribution in [3.8, 4) is 0 Å². The van der Waals surface area contributed by atoms with Crippen LogP contribution in [0.3, 0.4) is 0 Å². The smallest absolute Gasteiger partial charge is 0.225 e. The van der Waals surface area contributed by atoms with Gasteiger partial charge in [0.05, 0.1) is 0 Å². The number of benzene rings is 1. The molecule has 0 radical (unpaired) electrons. The van der Waals surface area contributed by atoms with Crippen molar-refractivity contribution in [2.45, 2.75) is 26.8 Å². The maximum absolute atomic E-state index is 6.00. The second-order valence-electron chi connectivity index (χ2n) is 4.68. The zero-order chi connectivity index (χ0) is 13.7. The second kappa shape index (κ2) is 6.18. The molecule has 0 aliphatic carbocycles. The van der Waals surface area contributed by atoms with Crippen LogP contribution in [0, 0.1) is 6.92 Å². The fourth-order valence-corrected chi connectivity index (χ4v) is 1.95. The summed E-state index contributed by atoms with van der Waals surface area (Å²) in [7, 11) is 0. The van der Waals surface area contributed by atoms with Crippen molar-refractivity contribution in [1.82, 2.24) is 9.97 Å². The largest absolute Gasteiger partial charge is 0.398 e. The molecule has 0 unspecified atom stereocenters. The maximum Gasteiger partial charge on any atom is 0.225 e. The first-order valence-corrected chi connectivity index (χ1v) is 6.57. The molecule has 0 bridgehead atoms. The van der Waals surface area contributed by atoms with E-state index in [1.165, 1.54) is 0 Å². The van der Waals surface area contributed by atoms with Crippen LogP contribution < -0.4 is 10.6 Å². The molecule has 0 saturated carbocycles. The van der Waals surface area contributed by atoms with E-state index in [1.54, 1.807) is 0 Å². The molecule has 0 fully saturated rings. The summed E-state index contributed by atoms with van der Waals surface area (Å²) in [6.45, 7) is 5.79. The van der Waals surface area contributed by atoms with Crippen molar-refractivity contribution in [2.24, 2.45) is 0 Å². The number of hydrogen-bond donors (Lipinski definition) is 1. The summed E-state index contributed by atoms with van der Waals surface area (Å²) in [6.07, 6.45) is 4.74. The molecule has 2 aromatic rings. The zero-order valence-electron chi connectivity index (χ0n) is 11.5. The highest BCUT2D eigenvalue weighted by Gasteiger charge is 2.10. The summed E-state index contributed by atoms with van der Waals surface area (Å²) in [6, 6.07) is 7.93. The van der Waals surface area contributed by atoms with Gasteiger partial charge in [0.2, 0.25) is 5.95 Å². The van der Waals surface area contributed by atoms with E-state index in [0.29, 0.717) is 0 Å². The lowest BCUT2D eigenvalue weighted by atomic mass is 10.1. The summed E-state index contributed by atoms with van der Waals surface area (Å²) < 4.78 is 0. The van der Waals surface area contributed by atoms with Crippen molar-refractivity contribution in [3.05, 3.63) is 47.8 Å². The van der Waals surface area contributed by atoms with Crippen molar-refractivity contribution in [1.29, 1.82) is 0 Å². The SMILES string of the molecule is CCCN(Cc1ccccc1N)c1ncc(C)cn1. The molecule has 0 atom stereocenters. The van der Waals surface area contributed by atoms with Gasteiger partial charge >= 0.3 is 0 Å². The van der Waals surface area contributed by atoms with Gasteiger partial charge in [-0.3, -0.25) is 0 Å². The fourth-order valence-electron chi connectivity index (χ4n) is 1.95. The van der Waals surface area contributed by atoms with Crippen molar-refractivity contribution < 1.29 is 0 Å². The second-order valence-corrected chi connectivity index (χ2v) is 4.68. The molecule has 19 heavy (non-hydrogen) atoms. The molecule has 1 aromatic heterocycles. The number of anilines is 2. The molecule has 0 aliphatic heterocycles. The molecule has 2 rings (SSSR count). The van der Waals surface area contributed by atoms with Crippen LogP contribution in [0.15, 0.2) is 36.7 Å². The predicted molar refractivity (Wildman–Crippen MR) is 79.0 cm³/mol. The van der Waals surface area contributed by atoms with Crippen LogP contribution in [0.2, 0.25) is 0 Å². The van der Waals surface area contributed by atoms with Crippen LogP contribution in [0.25, 0.3) is 0 Å². The Morgan fingerprint density at radius 3 is 2.47 bits per heavy atom. The van der Waals surface area contributed by atoms with Crippen LogP contribution in [-0.4, -0.2) is 16.5 Å². The first kappa shape index (κ1) is 13.3. The van der Waals surface area contributed by atoms with E-state index in [-0.39, 0.29) is 0 Å². The Balaban J connectivity index is 2.21. The Bertz CT molecular complexity index is 522. The molecular weight excluding hydrogens is 236 g/mol. The molecule has 0 saturated heterocycles. The van der Waals surface area contributed by atoms with Crippen molar-refractivity contribution in [3.63, 3.8) is 0 Å². The van der Waals surface area contributed by atoms with Gasteiger partial charge in [0.25, 0.3) is 0 Å². The fraction of sp³-hybridized carbons (Fsp3) is 0.333. The van der Waals surface area contributed by atoms with Crippen LogP contribution in [0.4, 0.5) is 11.6 Å². The summed E-state index contributed by atoms with van der Waals surface area (Å²) in [5.41, 5.74) is 9.00. The summed E-state index contributed by atoms with van der Waals surface area (Å²) in [4.78, 5) is 11.0. The van der Waals surface area contributed by atoms with E-state index in [9.17, 15) is 0 Å². The lowest BCUT2D eigenvalue weighted by molar-refractivity contribution is 0.739. The molecule has 0 aliphatic rings. The van der Waals surface area contributed by atoms with Gasteiger partial charge in [0.15, 0.2) is 0 Å². The summed E-state index contributed by atoms with van der Waals surface area (Å²) in [5.74, 6) is 0.760. The van der Waals surface area contributed by atoms with E-state index >= 15 is 0 Å². The number of nitrogens with two attached hydrogens (primary N) is 1. The minimum atomic E-state index is 0.740. The third-order valence-corrected chi connectivity index (χ3v) is 2.96. The molecule has 0 amide bonds. The van der Waals surface area contributed by atoms with Gasteiger partial charge in [-0.05, 0) is 30.5 Å². The molecule has 100 valence electrons. The van der Waals surface area contributed by atoms with E-state index in [1.807, 2.05) is 43.6 Å². The minimum Gasteiger partial charge on any atom is -0.398 e. The Hall–Kier alpha value is -2.10. The monoisotopic (exact) mass is 256 g/mol. The van der Waals surface area contributed by atoms with Gasteiger partial charge in [0, 0.05) is 31.2 Å². The van der Waals surface area contributed by atoms with Crippen molar-refractivity contribution >= 4 is 11.6 Å². The number of rotatable bonds is 5. The normalized spacial score (nSPS) is 10.4. The highest BCUT2D eigenvalue weighted by molar-refractivity contribution is 5.48. The first-order valence-electron chi connectivity index (χ1n) is 6.57. The topological polar surface area (TPSA) is 55.0 Å². The van der Waals surface area contributed by atoms with Crippen LogP contribution in [0.1, 0.15) is 24.5 Å². The van der Waals surface area contributed by atoms with E-state index < -0.39 is 0 Å².